The van der Waals surface area contributed by atoms with Gasteiger partial charge in [-0.15, -0.1) is 0 Å². The number of aliphatic hydroxyl groups is 1. The van der Waals surface area contributed by atoms with Crippen LogP contribution in [0.25, 0.3) is 0 Å². The van der Waals surface area contributed by atoms with Crippen molar-refractivity contribution in [2.24, 2.45) is 5.73 Å². The predicted octanol–water partition coefficient (Wildman–Crippen LogP) is 0.727. The predicted molar refractivity (Wildman–Crippen MR) is 72.9 cm³/mol. The highest BCUT2D eigenvalue weighted by Gasteiger charge is 2.25. The molecule has 1 aliphatic rings. The lowest BCUT2D eigenvalue weighted by Gasteiger charge is -2.26. The normalized spacial score (nSPS) is 24.3. The van der Waals surface area contributed by atoms with Gasteiger partial charge < -0.3 is 10.8 Å². The molecule has 0 atom stereocenters. The highest BCUT2D eigenvalue weighted by Crippen LogP contribution is 2.21. The van der Waals surface area contributed by atoms with Crippen molar-refractivity contribution >= 4 is 10.0 Å². The molecule has 0 heterocycles. The fourth-order valence-electron chi connectivity index (χ4n) is 2.41. The second-order valence-corrected chi connectivity index (χ2v) is 6.62. The Labute approximate surface area is 113 Å². The van der Waals surface area contributed by atoms with Gasteiger partial charge in [-0.05, 0) is 37.3 Å². The summed E-state index contributed by atoms with van der Waals surface area (Å²) in [5.41, 5.74) is 6.19. The van der Waals surface area contributed by atoms with E-state index in [0.29, 0.717) is 31.2 Å². The molecule has 1 aromatic rings. The van der Waals surface area contributed by atoms with E-state index in [1.165, 1.54) is 0 Å². The first kappa shape index (κ1) is 14.5. The first-order valence-corrected chi connectivity index (χ1v) is 7.99. The van der Waals surface area contributed by atoms with Crippen molar-refractivity contribution in [3.63, 3.8) is 0 Å². The first-order valence-electron chi connectivity index (χ1n) is 6.51. The Balaban J connectivity index is 2.14. The molecule has 0 spiro atoms. The minimum absolute atomic E-state index is 0.0979. The molecule has 1 aliphatic carbocycles. The Morgan fingerprint density at radius 3 is 2.47 bits per heavy atom. The van der Waals surface area contributed by atoms with Crippen molar-refractivity contribution in [1.29, 1.82) is 0 Å². The quantitative estimate of drug-likeness (QED) is 0.760. The molecule has 0 radical (unpaired) electrons. The molecule has 0 bridgehead atoms. The zero-order valence-electron chi connectivity index (χ0n) is 10.7. The van der Waals surface area contributed by atoms with Gasteiger partial charge in [0.05, 0.1) is 11.0 Å². The molecule has 0 aliphatic heterocycles. The lowest BCUT2D eigenvalue weighted by atomic mass is 9.94. The Bertz CT molecular complexity index is 522. The van der Waals surface area contributed by atoms with Gasteiger partial charge in [0.25, 0.3) is 0 Å². The van der Waals surface area contributed by atoms with E-state index in [-0.39, 0.29) is 23.6 Å². The van der Waals surface area contributed by atoms with Crippen molar-refractivity contribution < 1.29 is 13.5 Å². The topological polar surface area (TPSA) is 92.4 Å². The van der Waals surface area contributed by atoms with Crippen molar-refractivity contribution in [1.82, 2.24) is 4.72 Å². The lowest BCUT2D eigenvalue weighted by Crippen LogP contribution is -2.38. The van der Waals surface area contributed by atoms with Crippen LogP contribution in [0.4, 0.5) is 0 Å². The molecule has 2 rings (SSSR count). The number of nitrogens with one attached hydrogen (secondary N) is 1. The molecule has 0 amide bonds. The summed E-state index contributed by atoms with van der Waals surface area (Å²) in [4.78, 5) is 0.253. The number of benzene rings is 1. The highest BCUT2D eigenvalue weighted by molar-refractivity contribution is 7.89. The molecule has 6 heteroatoms. The van der Waals surface area contributed by atoms with E-state index >= 15 is 0 Å². The average molecular weight is 284 g/mol. The van der Waals surface area contributed by atoms with Crippen molar-refractivity contribution in [2.75, 3.05) is 0 Å². The lowest BCUT2D eigenvalue weighted by molar-refractivity contribution is 0.120. The Morgan fingerprint density at radius 1 is 1.21 bits per heavy atom. The van der Waals surface area contributed by atoms with Crippen LogP contribution in [0.15, 0.2) is 29.2 Å². The van der Waals surface area contributed by atoms with Crippen LogP contribution < -0.4 is 10.5 Å². The van der Waals surface area contributed by atoms with Gasteiger partial charge in [0.2, 0.25) is 10.0 Å². The van der Waals surface area contributed by atoms with Gasteiger partial charge in [0.1, 0.15) is 0 Å². The van der Waals surface area contributed by atoms with E-state index in [2.05, 4.69) is 4.72 Å². The van der Waals surface area contributed by atoms with E-state index in [1.807, 2.05) is 0 Å². The third-order valence-corrected chi connectivity index (χ3v) is 5.12. The summed E-state index contributed by atoms with van der Waals surface area (Å²) in [7, 11) is -3.53. The molecule has 0 saturated heterocycles. The minimum Gasteiger partial charge on any atom is -0.393 e. The largest absolute Gasteiger partial charge is 0.393 e. The third-order valence-electron chi connectivity index (χ3n) is 3.50. The number of rotatable bonds is 4. The molecular formula is C13H20N2O3S. The SMILES string of the molecule is NCc1ccccc1S(=O)(=O)NC1CCC(O)CC1. The summed E-state index contributed by atoms with van der Waals surface area (Å²) in [6.07, 6.45) is 2.34. The summed E-state index contributed by atoms with van der Waals surface area (Å²) in [6, 6.07) is 6.66. The summed E-state index contributed by atoms with van der Waals surface area (Å²) >= 11 is 0. The van der Waals surface area contributed by atoms with Gasteiger partial charge in [0.15, 0.2) is 0 Å². The second kappa shape index (κ2) is 6.00. The van der Waals surface area contributed by atoms with E-state index in [9.17, 15) is 13.5 Å². The molecule has 19 heavy (non-hydrogen) atoms. The zero-order chi connectivity index (χ0) is 13.9. The van der Waals surface area contributed by atoms with E-state index in [0.717, 1.165) is 0 Å². The first-order chi connectivity index (χ1) is 9.03. The average Bonchev–Trinajstić information content (AvgIpc) is 2.41. The maximum Gasteiger partial charge on any atom is 0.241 e. The number of hydrogen-bond donors (Lipinski definition) is 3. The molecule has 1 aromatic carbocycles. The number of hydrogen-bond acceptors (Lipinski definition) is 4. The fourth-order valence-corrected chi connectivity index (χ4v) is 3.97. The highest BCUT2D eigenvalue weighted by atomic mass is 32.2. The van der Waals surface area contributed by atoms with Gasteiger partial charge in [0, 0.05) is 12.6 Å². The van der Waals surface area contributed by atoms with Crippen LogP contribution in [0.5, 0.6) is 0 Å². The van der Waals surface area contributed by atoms with Gasteiger partial charge in [-0.25, -0.2) is 13.1 Å². The Morgan fingerprint density at radius 2 is 1.84 bits per heavy atom. The number of aliphatic hydroxyl groups excluding tert-OH is 1. The third kappa shape index (κ3) is 3.54. The van der Waals surface area contributed by atoms with Gasteiger partial charge in [-0.1, -0.05) is 18.2 Å². The molecule has 1 saturated carbocycles. The summed E-state index contributed by atoms with van der Waals surface area (Å²) in [5, 5.41) is 9.43. The van der Waals surface area contributed by atoms with Gasteiger partial charge in [-0.2, -0.15) is 0 Å². The second-order valence-electron chi connectivity index (χ2n) is 4.94. The Kier molecular flexibility index (Phi) is 4.57. The fraction of sp³-hybridized carbons (Fsp3) is 0.538. The molecule has 5 nitrogen and oxygen atoms in total. The Hall–Kier alpha value is -0.950. The van der Waals surface area contributed by atoms with Crippen molar-refractivity contribution in [3.05, 3.63) is 29.8 Å². The van der Waals surface area contributed by atoms with Gasteiger partial charge in [-0.3, -0.25) is 0 Å². The van der Waals surface area contributed by atoms with Crippen LogP contribution in [-0.4, -0.2) is 25.7 Å². The van der Waals surface area contributed by atoms with Crippen LogP contribution in [0.2, 0.25) is 0 Å². The van der Waals surface area contributed by atoms with Crippen molar-refractivity contribution in [2.45, 2.75) is 49.3 Å². The van der Waals surface area contributed by atoms with Crippen LogP contribution in [-0.2, 0) is 16.6 Å². The van der Waals surface area contributed by atoms with E-state index < -0.39 is 10.0 Å². The maximum atomic E-state index is 12.3. The molecule has 4 N–H and O–H groups in total. The maximum absolute atomic E-state index is 12.3. The zero-order valence-corrected chi connectivity index (χ0v) is 11.6. The molecule has 0 aromatic heterocycles. The monoisotopic (exact) mass is 284 g/mol. The van der Waals surface area contributed by atoms with Crippen LogP contribution >= 0.6 is 0 Å². The summed E-state index contributed by atoms with van der Waals surface area (Å²) in [6.45, 7) is 0.195. The van der Waals surface area contributed by atoms with Gasteiger partial charge >= 0.3 is 0 Å². The van der Waals surface area contributed by atoms with Crippen LogP contribution in [0.3, 0.4) is 0 Å². The number of sulfonamides is 1. The molecule has 0 unspecified atom stereocenters. The van der Waals surface area contributed by atoms with Crippen molar-refractivity contribution in [3.8, 4) is 0 Å². The molecule has 1 fully saturated rings. The molecular weight excluding hydrogens is 264 g/mol. The smallest absolute Gasteiger partial charge is 0.241 e. The summed E-state index contributed by atoms with van der Waals surface area (Å²) in [5.74, 6) is 0. The van der Waals surface area contributed by atoms with Crippen LogP contribution in [0.1, 0.15) is 31.2 Å². The van der Waals surface area contributed by atoms with Crippen LogP contribution in [0, 0.1) is 0 Å². The summed E-state index contributed by atoms with van der Waals surface area (Å²) < 4.78 is 27.4. The van der Waals surface area contributed by atoms with E-state index in [4.69, 9.17) is 5.73 Å². The minimum atomic E-state index is -3.53. The van der Waals surface area contributed by atoms with E-state index in [1.54, 1.807) is 24.3 Å². The number of nitrogens with two attached hydrogens (primary N) is 1. The molecule has 106 valence electrons. The standard InChI is InChI=1S/C13H20N2O3S/c14-9-10-3-1-2-4-13(10)19(17,18)15-11-5-7-12(16)8-6-11/h1-4,11-12,15-16H,5-9,14H2.